The summed E-state index contributed by atoms with van der Waals surface area (Å²) < 4.78 is 15.1. The van der Waals surface area contributed by atoms with Crippen molar-refractivity contribution in [1.82, 2.24) is 0 Å². The van der Waals surface area contributed by atoms with Gasteiger partial charge in [-0.15, -0.1) is 0 Å². The SMILES string of the molecule is O=P(O)(O)OCCCCCCCCCCCCCCCCCCCCCCCCCCCCCCCCCCCCCS. The minimum Gasteiger partial charge on any atom is -0.303 e. The van der Waals surface area contributed by atoms with E-state index in [4.69, 9.17) is 9.79 Å². The number of hydrogen-bond donors (Lipinski definition) is 3. The van der Waals surface area contributed by atoms with Crippen LogP contribution in [0.25, 0.3) is 0 Å². The van der Waals surface area contributed by atoms with Crippen molar-refractivity contribution in [1.29, 1.82) is 0 Å². The van der Waals surface area contributed by atoms with Gasteiger partial charge >= 0.3 is 7.82 Å². The lowest BCUT2D eigenvalue weighted by atomic mass is 10.0. The van der Waals surface area contributed by atoms with E-state index in [1.54, 1.807) is 0 Å². The van der Waals surface area contributed by atoms with Crippen LogP contribution in [0.5, 0.6) is 0 Å². The summed E-state index contributed by atoms with van der Waals surface area (Å²) >= 11 is 4.28. The van der Waals surface area contributed by atoms with Gasteiger partial charge in [0.05, 0.1) is 6.61 Å². The maximum absolute atomic E-state index is 10.6. The second-order valence-corrected chi connectivity index (χ2v) is 15.1. The fourth-order valence-electron chi connectivity index (χ4n) is 6.23. The predicted molar refractivity (Wildman–Crippen MR) is 193 cm³/mol. The first-order valence-electron chi connectivity index (χ1n) is 19.4. The largest absolute Gasteiger partial charge is 0.469 e. The molecule has 6 heteroatoms. The van der Waals surface area contributed by atoms with Gasteiger partial charge in [-0.2, -0.15) is 12.6 Å². The average Bonchev–Trinajstić information content (AvgIpc) is 2.98. The standard InChI is InChI=1S/C37H77O4PS/c38-42(39,40)41-36-34-32-30-28-26-24-22-20-18-16-14-12-10-8-6-4-2-1-3-5-7-9-11-13-15-17-19-21-23-25-27-29-31-33-35-37-43/h43H,1-37H2,(H2,38,39,40). The van der Waals surface area contributed by atoms with E-state index in [-0.39, 0.29) is 6.61 Å². The number of rotatable bonds is 38. The molecule has 0 aromatic heterocycles. The summed E-state index contributed by atoms with van der Waals surface area (Å²) in [6.45, 7) is 0.170. The molecule has 0 fully saturated rings. The van der Waals surface area contributed by atoms with Crippen molar-refractivity contribution in [3.63, 3.8) is 0 Å². The summed E-state index contributed by atoms with van der Waals surface area (Å²) in [6, 6.07) is 0. The highest BCUT2D eigenvalue weighted by atomic mass is 32.1. The first-order chi connectivity index (χ1) is 21.1. The van der Waals surface area contributed by atoms with Crippen LogP contribution in [0.4, 0.5) is 0 Å². The third-order valence-corrected chi connectivity index (χ3v) is 9.90. The summed E-state index contributed by atoms with van der Waals surface area (Å²) in [5, 5.41) is 0. The Morgan fingerprint density at radius 2 is 0.488 bits per heavy atom. The summed E-state index contributed by atoms with van der Waals surface area (Å²) in [5.74, 6) is 1.06. The Labute approximate surface area is 275 Å². The molecule has 2 N–H and O–H groups in total. The van der Waals surface area contributed by atoms with Gasteiger partial charge in [0.25, 0.3) is 0 Å². The van der Waals surface area contributed by atoms with E-state index in [0.29, 0.717) is 0 Å². The second kappa shape index (κ2) is 36.9. The molecule has 4 nitrogen and oxygen atoms in total. The number of hydrogen-bond acceptors (Lipinski definition) is 3. The molecule has 0 aliphatic carbocycles. The van der Waals surface area contributed by atoms with Crippen molar-refractivity contribution < 1.29 is 18.9 Å². The molecule has 0 unspecified atom stereocenters. The Bertz CT molecular complexity index is 557. The summed E-state index contributed by atoms with van der Waals surface area (Å²) in [6.07, 6.45) is 48.5. The lowest BCUT2D eigenvalue weighted by molar-refractivity contribution is 0.193. The molecular formula is C37H77O4PS. The van der Waals surface area contributed by atoms with Gasteiger partial charge in [-0.25, -0.2) is 4.57 Å². The van der Waals surface area contributed by atoms with E-state index in [9.17, 15) is 4.57 Å². The summed E-state index contributed by atoms with van der Waals surface area (Å²) in [7, 11) is -4.27. The van der Waals surface area contributed by atoms with E-state index in [2.05, 4.69) is 17.2 Å². The average molecular weight is 649 g/mol. The first-order valence-corrected chi connectivity index (χ1v) is 21.5. The zero-order valence-electron chi connectivity index (χ0n) is 28.8. The van der Waals surface area contributed by atoms with Crippen molar-refractivity contribution >= 4 is 20.5 Å². The molecule has 0 bridgehead atoms. The van der Waals surface area contributed by atoms with Crippen LogP contribution in [0.15, 0.2) is 0 Å². The molecule has 260 valence electrons. The molecule has 0 aromatic rings. The maximum atomic E-state index is 10.6. The normalized spacial score (nSPS) is 12.0. The van der Waals surface area contributed by atoms with Crippen LogP contribution < -0.4 is 0 Å². The highest BCUT2D eigenvalue weighted by Gasteiger charge is 2.12. The monoisotopic (exact) mass is 649 g/mol. The molecular weight excluding hydrogens is 571 g/mol. The van der Waals surface area contributed by atoms with Crippen LogP contribution >= 0.6 is 20.5 Å². The number of unbranched alkanes of at least 4 members (excludes halogenated alkanes) is 34. The Hall–Kier alpha value is 0.460. The van der Waals surface area contributed by atoms with E-state index in [1.165, 1.54) is 205 Å². The lowest BCUT2D eigenvalue weighted by Gasteiger charge is -2.05. The van der Waals surface area contributed by atoms with Crippen LogP contribution in [0.3, 0.4) is 0 Å². The topological polar surface area (TPSA) is 66.8 Å². The molecule has 0 atom stereocenters. The molecule has 43 heavy (non-hydrogen) atoms. The minimum atomic E-state index is -4.27. The number of phosphoric acid groups is 1. The van der Waals surface area contributed by atoms with Crippen LogP contribution in [0.2, 0.25) is 0 Å². The van der Waals surface area contributed by atoms with Crippen molar-refractivity contribution in [3.05, 3.63) is 0 Å². The second-order valence-electron chi connectivity index (χ2n) is 13.4. The van der Waals surface area contributed by atoms with Gasteiger partial charge in [0.1, 0.15) is 0 Å². The van der Waals surface area contributed by atoms with E-state index in [1.807, 2.05) is 0 Å². The summed E-state index contributed by atoms with van der Waals surface area (Å²) in [5.41, 5.74) is 0. The van der Waals surface area contributed by atoms with Gasteiger partial charge in [-0.05, 0) is 18.6 Å². The molecule has 0 spiro atoms. The maximum Gasteiger partial charge on any atom is 0.469 e. The van der Waals surface area contributed by atoms with Crippen molar-refractivity contribution in [2.45, 2.75) is 225 Å². The molecule has 0 saturated heterocycles. The van der Waals surface area contributed by atoms with Gasteiger partial charge in [0, 0.05) is 0 Å². The van der Waals surface area contributed by atoms with Gasteiger partial charge < -0.3 is 9.79 Å². The Morgan fingerprint density at radius 1 is 0.326 bits per heavy atom. The van der Waals surface area contributed by atoms with Crippen LogP contribution in [-0.4, -0.2) is 22.1 Å². The molecule has 0 radical (unpaired) electrons. The van der Waals surface area contributed by atoms with E-state index in [0.717, 1.165) is 25.0 Å². The van der Waals surface area contributed by atoms with Gasteiger partial charge in [0.15, 0.2) is 0 Å². The Morgan fingerprint density at radius 3 is 0.651 bits per heavy atom. The Kier molecular flexibility index (Phi) is 37.3. The molecule has 0 rings (SSSR count). The summed E-state index contributed by atoms with van der Waals surface area (Å²) in [4.78, 5) is 17.3. The highest BCUT2D eigenvalue weighted by molar-refractivity contribution is 7.80. The zero-order chi connectivity index (χ0) is 31.4. The fraction of sp³-hybridized carbons (Fsp3) is 1.00. The molecule has 0 aliphatic heterocycles. The lowest BCUT2D eigenvalue weighted by Crippen LogP contribution is -1.92. The number of thiol groups is 1. The van der Waals surface area contributed by atoms with Crippen molar-refractivity contribution in [2.24, 2.45) is 0 Å². The van der Waals surface area contributed by atoms with Crippen LogP contribution in [0.1, 0.15) is 225 Å². The smallest absolute Gasteiger partial charge is 0.303 e. The third kappa shape index (κ3) is 42.5. The molecule has 0 aliphatic rings. The molecule has 0 saturated carbocycles. The fourth-order valence-corrected chi connectivity index (χ4v) is 6.82. The Balaban J connectivity index is 3.05. The van der Waals surface area contributed by atoms with Crippen LogP contribution in [-0.2, 0) is 9.09 Å². The molecule has 0 amide bonds. The van der Waals surface area contributed by atoms with Gasteiger partial charge in [-0.1, -0.05) is 212 Å². The van der Waals surface area contributed by atoms with E-state index >= 15 is 0 Å². The third-order valence-electron chi connectivity index (χ3n) is 9.06. The minimum absolute atomic E-state index is 0.170. The van der Waals surface area contributed by atoms with Crippen molar-refractivity contribution in [2.75, 3.05) is 12.4 Å². The first kappa shape index (κ1) is 43.5. The van der Waals surface area contributed by atoms with Gasteiger partial charge in [0.2, 0.25) is 0 Å². The highest BCUT2D eigenvalue weighted by Crippen LogP contribution is 2.35. The van der Waals surface area contributed by atoms with Crippen molar-refractivity contribution in [3.8, 4) is 0 Å². The predicted octanol–water partition coefficient (Wildman–Crippen LogP) is 13.7. The molecule has 0 aromatic carbocycles. The van der Waals surface area contributed by atoms with Crippen LogP contribution in [0, 0.1) is 0 Å². The molecule has 0 heterocycles. The zero-order valence-corrected chi connectivity index (χ0v) is 30.6. The van der Waals surface area contributed by atoms with Gasteiger partial charge in [-0.3, -0.25) is 4.52 Å². The quantitative estimate of drug-likeness (QED) is 0.0354. The van der Waals surface area contributed by atoms with E-state index < -0.39 is 7.82 Å². The number of phosphoric ester groups is 1.